The van der Waals surface area contributed by atoms with Crippen molar-refractivity contribution in [3.63, 3.8) is 0 Å². The van der Waals surface area contributed by atoms with Gasteiger partial charge in [0.2, 0.25) is 0 Å². The van der Waals surface area contributed by atoms with Gasteiger partial charge in [0.05, 0.1) is 0 Å². The van der Waals surface area contributed by atoms with E-state index in [9.17, 15) is 18.0 Å². The largest absolute Gasteiger partial charge is 0.483 e. The van der Waals surface area contributed by atoms with E-state index in [0.29, 0.717) is 12.2 Å². The van der Waals surface area contributed by atoms with Gasteiger partial charge in [-0.05, 0) is 30.9 Å². The molecule has 1 aliphatic heterocycles. The number of amides is 1. The minimum Gasteiger partial charge on any atom is -0.483 e. The highest BCUT2D eigenvalue weighted by atomic mass is 19.4. The summed E-state index contributed by atoms with van der Waals surface area (Å²) in [5.74, 6) is -0.165. The molecule has 0 saturated carbocycles. The molecule has 4 nitrogen and oxygen atoms in total. The monoisotopic (exact) mass is 330 g/mol. The number of piperidine rings is 1. The van der Waals surface area contributed by atoms with Crippen LogP contribution < -0.4 is 10.5 Å². The standard InChI is InChI=1S/C16H21F3N2O2/c1-2-11-5-3-4-6-13(11)23-10-15(22)21-9-12(20)7-8-14(21)16(17,18)19/h3-6,12,14H,2,7-10,20H2,1H3. The molecule has 1 aromatic carbocycles. The highest BCUT2D eigenvalue weighted by molar-refractivity contribution is 5.78. The highest BCUT2D eigenvalue weighted by Gasteiger charge is 2.47. The van der Waals surface area contributed by atoms with Gasteiger partial charge in [-0.25, -0.2) is 0 Å². The Labute approximate surface area is 133 Å². The number of nitrogens with zero attached hydrogens (tertiary/aromatic N) is 1. The topological polar surface area (TPSA) is 55.6 Å². The molecule has 2 atom stereocenters. The number of hydrogen-bond acceptors (Lipinski definition) is 3. The van der Waals surface area contributed by atoms with E-state index in [0.717, 1.165) is 10.5 Å². The molecule has 0 aliphatic carbocycles. The van der Waals surface area contributed by atoms with Crippen molar-refractivity contribution in [3.8, 4) is 5.75 Å². The third-order valence-electron chi connectivity index (χ3n) is 4.02. The Balaban J connectivity index is 2.05. The number of benzene rings is 1. The van der Waals surface area contributed by atoms with E-state index in [2.05, 4.69) is 0 Å². The van der Waals surface area contributed by atoms with Gasteiger partial charge in [-0.3, -0.25) is 4.79 Å². The van der Waals surface area contributed by atoms with E-state index < -0.39 is 30.8 Å². The summed E-state index contributed by atoms with van der Waals surface area (Å²) in [5, 5.41) is 0. The van der Waals surface area contributed by atoms with Gasteiger partial charge in [0.15, 0.2) is 6.61 Å². The van der Waals surface area contributed by atoms with Crippen LogP contribution >= 0.6 is 0 Å². The van der Waals surface area contributed by atoms with Crippen LogP contribution in [0.25, 0.3) is 0 Å². The molecule has 7 heteroatoms. The maximum absolute atomic E-state index is 13.1. The lowest BCUT2D eigenvalue weighted by Gasteiger charge is -2.39. The number of carbonyl (C=O) groups excluding carboxylic acids is 1. The first-order valence-corrected chi connectivity index (χ1v) is 7.65. The Morgan fingerprint density at radius 3 is 2.70 bits per heavy atom. The molecule has 2 unspecified atom stereocenters. The van der Waals surface area contributed by atoms with Gasteiger partial charge in [0.1, 0.15) is 11.8 Å². The molecule has 1 aromatic rings. The first-order chi connectivity index (χ1) is 10.8. The quantitative estimate of drug-likeness (QED) is 0.923. The van der Waals surface area contributed by atoms with Gasteiger partial charge in [-0.15, -0.1) is 0 Å². The molecule has 1 saturated heterocycles. The Hall–Kier alpha value is -1.76. The van der Waals surface area contributed by atoms with Crippen LogP contribution in [0.1, 0.15) is 25.3 Å². The van der Waals surface area contributed by atoms with Crippen molar-refractivity contribution >= 4 is 5.91 Å². The van der Waals surface area contributed by atoms with E-state index in [1.807, 2.05) is 19.1 Å². The van der Waals surface area contributed by atoms with Gasteiger partial charge in [0, 0.05) is 12.6 Å². The lowest BCUT2D eigenvalue weighted by Crippen LogP contribution is -2.57. The number of likely N-dealkylation sites (tertiary alicyclic amines) is 1. The molecule has 0 bridgehead atoms. The third kappa shape index (κ3) is 4.37. The average molecular weight is 330 g/mol. The van der Waals surface area contributed by atoms with Crippen LogP contribution in [-0.2, 0) is 11.2 Å². The second kappa shape index (κ2) is 7.21. The lowest BCUT2D eigenvalue weighted by molar-refractivity contribution is -0.197. The Morgan fingerprint density at radius 2 is 2.04 bits per heavy atom. The molecule has 2 rings (SSSR count). The summed E-state index contributed by atoms with van der Waals surface area (Å²) < 4.78 is 44.7. The van der Waals surface area contributed by atoms with Crippen molar-refractivity contribution in [1.29, 1.82) is 0 Å². The zero-order chi connectivity index (χ0) is 17.0. The van der Waals surface area contributed by atoms with Gasteiger partial charge in [-0.2, -0.15) is 13.2 Å². The molecule has 0 radical (unpaired) electrons. The second-order valence-corrected chi connectivity index (χ2v) is 5.69. The molecule has 0 aromatic heterocycles. The number of rotatable bonds is 4. The van der Waals surface area contributed by atoms with Crippen molar-refractivity contribution in [2.75, 3.05) is 13.2 Å². The Kier molecular flexibility index (Phi) is 5.51. The molecular weight excluding hydrogens is 309 g/mol. The van der Waals surface area contributed by atoms with Crippen molar-refractivity contribution in [2.24, 2.45) is 5.73 Å². The van der Waals surface area contributed by atoms with Gasteiger partial charge in [0.25, 0.3) is 5.91 Å². The lowest BCUT2D eigenvalue weighted by atomic mass is 9.98. The number of aryl methyl sites for hydroxylation is 1. The molecule has 2 N–H and O–H groups in total. The number of ether oxygens (including phenoxy) is 1. The molecule has 128 valence electrons. The summed E-state index contributed by atoms with van der Waals surface area (Å²) >= 11 is 0. The number of nitrogens with two attached hydrogens (primary N) is 1. The second-order valence-electron chi connectivity index (χ2n) is 5.69. The minimum absolute atomic E-state index is 0.0954. The molecular formula is C16H21F3N2O2. The van der Waals surface area contributed by atoms with Crippen molar-refractivity contribution in [1.82, 2.24) is 4.90 Å². The number of hydrogen-bond donors (Lipinski definition) is 1. The molecule has 1 heterocycles. The zero-order valence-corrected chi connectivity index (χ0v) is 13.0. The first kappa shape index (κ1) is 17.6. The molecule has 1 amide bonds. The van der Waals surface area contributed by atoms with Crippen LogP contribution in [0.3, 0.4) is 0 Å². The van der Waals surface area contributed by atoms with Crippen LogP contribution in [0.4, 0.5) is 13.2 Å². The first-order valence-electron chi connectivity index (χ1n) is 7.65. The third-order valence-corrected chi connectivity index (χ3v) is 4.02. The predicted octanol–water partition coefficient (Wildman–Crippen LogP) is 2.51. The van der Waals surface area contributed by atoms with Gasteiger partial charge in [-0.1, -0.05) is 25.1 Å². The summed E-state index contributed by atoms with van der Waals surface area (Å²) in [6, 6.07) is 4.95. The Bertz CT molecular complexity index is 548. The number of halogens is 3. The van der Waals surface area contributed by atoms with Gasteiger partial charge >= 0.3 is 6.18 Å². The maximum atomic E-state index is 13.1. The number of para-hydroxylation sites is 1. The normalized spacial score (nSPS) is 22.0. The minimum atomic E-state index is -4.45. The van der Waals surface area contributed by atoms with E-state index >= 15 is 0 Å². The molecule has 23 heavy (non-hydrogen) atoms. The summed E-state index contributed by atoms with van der Waals surface area (Å²) in [5.41, 5.74) is 6.62. The van der Waals surface area contributed by atoms with Crippen LogP contribution in [-0.4, -0.2) is 42.2 Å². The summed E-state index contributed by atoms with van der Waals surface area (Å²) in [6.07, 6.45) is -3.64. The smallest absolute Gasteiger partial charge is 0.408 e. The van der Waals surface area contributed by atoms with Crippen molar-refractivity contribution in [3.05, 3.63) is 29.8 Å². The summed E-state index contributed by atoms with van der Waals surface area (Å²) in [4.78, 5) is 13.0. The summed E-state index contributed by atoms with van der Waals surface area (Å²) in [7, 11) is 0. The maximum Gasteiger partial charge on any atom is 0.408 e. The summed E-state index contributed by atoms with van der Waals surface area (Å²) in [6.45, 7) is 1.42. The molecule has 0 spiro atoms. The fraction of sp³-hybridized carbons (Fsp3) is 0.562. The SMILES string of the molecule is CCc1ccccc1OCC(=O)N1CC(N)CCC1C(F)(F)F. The fourth-order valence-electron chi connectivity index (χ4n) is 2.77. The highest BCUT2D eigenvalue weighted by Crippen LogP contribution is 2.31. The van der Waals surface area contributed by atoms with Crippen molar-refractivity contribution < 1.29 is 22.7 Å². The van der Waals surface area contributed by atoms with E-state index in [1.165, 1.54) is 0 Å². The predicted molar refractivity (Wildman–Crippen MR) is 80.1 cm³/mol. The van der Waals surface area contributed by atoms with Crippen LogP contribution in [0.15, 0.2) is 24.3 Å². The molecule has 1 fully saturated rings. The fourth-order valence-corrected chi connectivity index (χ4v) is 2.77. The number of alkyl halides is 3. The Morgan fingerprint density at radius 1 is 1.35 bits per heavy atom. The zero-order valence-electron chi connectivity index (χ0n) is 13.0. The van der Waals surface area contributed by atoms with Crippen LogP contribution in [0.5, 0.6) is 5.75 Å². The molecule has 1 aliphatic rings. The van der Waals surface area contributed by atoms with E-state index in [4.69, 9.17) is 10.5 Å². The van der Waals surface area contributed by atoms with Gasteiger partial charge < -0.3 is 15.4 Å². The van der Waals surface area contributed by atoms with Crippen LogP contribution in [0.2, 0.25) is 0 Å². The van der Waals surface area contributed by atoms with Crippen molar-refractivity contribution in [2.45, 2.75) is 44.4 Å². The van der Waals surface area contributed by atoms with Crippen LogP contribution in [0, 0.1) is 0 Å². The van der Waals surface area contributed by atoms with E-state index in [1.54, 1.807) is 12.1 Å². The number of carbonyl (C=O) groups is 1. The average Bonchev–Trinajstić information content (AvgIpc) is 2.51. The van der Waals surface area contributed by atoms with E-state index in [-0.39, 0.29) is 19.4 Å².